The molecule has 0 spiro atoms. The maximum Gasteiger partial charge on any atom is 0.151 e. The lowest BCUT2D eigenvalue weighted by atomic mass is 9.98. The minimum atomic E-state index is -0.138. The van der Waals surface area contributed by atoms with Gasteiger partial charge in [-0.3, -0.25) is 14.7 Å². The number of carbonyl (C=O) groups excluding carboxylic acids is 1. The van der Waals surface area contributed by atoms with Gasteiger partial charge in [0.15, 0.2) is 5.78 Å². The molecule has 1 unspecified atom stereocenters. The van der Waals surface area contributed by atoms with E-state index < -0.39 is 0 Å². The van der Waals surface area contributed by atoms with Crippen LogP contribution in [0.1, 0.15) is 31.4 Å². The first-order valence-corrected chi connectivity index (χ1v) is 6.84. The summed E-state index contributed by atoms with van der Waals surface area (Å²) >= 11 is 0. The van der Waals surface area contributed by atoms with Gasteiger partial charge in [-0.25, -0.2) is 0 Å². The topological polar surface area (TPSA) is 33.2 Å². The second-order valence-corrected chi connectivity index (χ2v) is 5.21. The summed E-state index contributed by atoms with van der Waals surface area (Å²) in [6, 6.07) is 8.02. The van der Waals surface area contributed by atoms with Crippen molar-refractivity contribution >= 4 is 41.4 Å². The lowest BCUT2D eigenvalue weighted by Gasteiger charge is -2.26. The Balaban J connectivity index is 0.00000110. The minimum absolute atomic E-state index is 0. The molecule has 2 aromatic rings. The molecule has 0 radical (unpaired) electrons. The third-order valence-corrected chi connectivity index (χ3v) is 3.88. The summed E-state index contributed by atoms with van der Waals surface area (Å²) in [4.78, 5) is 18.7. The van der Waals surface area contributed by atoms with Crippen LogP contribution in [0.2, 0.25) is 0 Å². The quantitative estimate of drug-likeness (QED) is 0.860. The molecular formula is C16H20Cl2N2O. The van der Waals surface area contributed by atoms with Crippen LogP contribution in [0.15, 0.2) is 36.7 Å². The van der Waals surface area contributed by atoms with Gasteiger partial charge in [0.1, 0.15) is 0 Å². The molecule has 114 valence electrons. The van der Waals surface area contributed by atoms with Crippen LogP contribution in [0.3, 0.4) is 0 Å². The van der Waals surface area contributed by atoms with E-state index in [0.29, 0.717) is 0 Å². The molecule has 2 heterocycles. The van der Waals surface area contributed by atoms with Gasteiger partial charge in [-0.15, -0.1) is 24.8 Å². The molecule has 0 N–H and O–H groups in total. The molecule has 3 nitrogen and oxygen atoms in total. The predicted molar refractivity (Wildman–Crippen MR) is 90.5 cm³/mol. The maximum atomic E-state index is 12.1. The Morgan fingerprint density at radius 2 is 1.81 bits per heavy atom. The molecule has 0 bridgehead atoms. The maximum absolute atomic E-state index is 12.1. The highest BCUT2D eigenvalue weighted by molar-refractivity contribution is 5.92. The van der Waals surface area contributed by atoms with Crippen molar-refractivity contribution in [2.24, 2.45) is 0 Å². The average molecular weight is 327 g/mol. The SMILES string of the molecule is CC(=O)C(c1cncc2ccccc12)N1CCCC1.Cl.Cl. The van der Waals surface area contributed by atoms with Gasteiger partial charge >= 0.3 is 0 Å². The van der Waals surface area contributed by atoms with Gasteiger partial charge in [-0.2, -0.15) is 0 Å². The first-order valence-electron chi connectivity index (χ1n) is 6.84. The van der Waals surface area contributed by atoms with E-state index in [1.165, 1.54) is 12.8 Å². The zero-order chi connectivity index (χ0) is 13.2. The van der Waals surface area contributed by atoms with Crippen LogP contribution in [0.4, 0.5) is 0 Å². The van der Waals surface area contributed by atoms with Crippen LogP contribution in [0.25, 0.3) is 10.8 Å². The molecule has 0 saturated carbocycles. The standard InChI is InChI=1S/C16H18N2O.2ClH/c1-12(19)16(18-8-4-5-9-18)15-11-17-10-13-6-2-3-7-14(13)15;;/h2-3,6-7,10-11,16H,4-5,8-9H2,1H3;2*1H. The van der Waals surface area contributed by atoms with Crippen molar-refractivity contribution in [1.29, 1.82) is 0 Å². The lowest BCUT2D eigenvalue weighted by Crippen LogP contribution is -2.30. The summed E-state index contributed by atoms with van der Waals surface area (Å²) < 4.78 is 0. The normalized spacial score (nSPS) is 16.0. The van der Waals surface area contributed by atoms with Gasteiger partial charge in [0, 0.05) is 23.3 Å². The molecule has 1 aromatic heterocycles. The van der Waals surface area contributed by atoms with Crippen molar-refractivity contribution in [2.45, 2.75) is 25.8 Å². The highest BCUT2D eigenvalue weighted by Gasteiger charge is 2.28. The molecule has 1 aliphatic heterocycles. The second kappa shape index (κ2) is 7.74. The monoisotopic (exact) mass is 326 g/mol. The van der Waals surface area contributed by atoms with Gasteiger partial charge in [0.25, 0.3) is 0 Å². The molecular weight excluding hydrogens is 307 g/mol. The van der Waals surface area contributed by atoms with E-state index >= 15 is 0 Å². The summed E-state index contributed by atoms with van der Waals surface area (Å²) in [6.45, 7) is 3.70. The molecule has 1 aliphatic rings. The summed E-state index contributed by atoms with van der Waals surface area (Å²) in [5.41, 5.74) is 1.05. The summed E-state index contributed by atoms with van der Waals surface area (Å²) in [7, 11) is 0. The first-order chi connectivity index (χ1) is 9.27. The Kier molecular flexibility index (Phi) is 6.59. The third-order valence-electron chi connectivity index (χ3n) is 3.88. The number of hydrogen-bond donors (Lipinski definition) is 0. The van der Waals surface area contributed by atoms with Crippen LogP contribution >= 0.6 is 24.8 Å². The molecule has 21 heavy (non-hydrogen) atoms. The van der Waals surface area contributed by atoms with Gasteiger partial charge in [-0.1, -0.05) is 24.3 Å². The van der Waals surface area contributed by atoms with Crippen molar-refractivity contribution in [1.82, 2.24) is 9.88 Å². The fourth-order valence-electron chi connectivity index (χ4n) is 3.03. The fourth-order valence-corrected chi connectivity index (χ4v) is 3.03. The number of pyridine rings is 1. The largest absolute Gasteiger partial charge is 0.298 e. The lowest BCUT2D eigenvalue weighted by molar-refractivity contribution is -0.122. The van der Waals surface area contributed by atoms with Gasteiger partial charge < -0.3 is 0 Å². The Hall–Kier alpha value is -1.16. The van der Waals surface area contributed by atoms with E-state index in [-0.39, 0.29) is 36.6 Å². The highest BCUT2D eigenvalue weighted by atomic mass is 35.5. The molecule has 1 aromatic carbocycles. The Morgan fingerprint density at radius 1 is 1.14 bits per heavy atom. The molecule has 0 amide bonds. The number of nitrogens with zero attached hydrogens (tertiary/aromatic N) is 2. The van der Waals surface area contributed by atoms with Crippen molar-refractivity contribution in [2.75, 3.05) is 13.1 Å². The van der Waals surface area contributed by atoms with Crippen LogP contribution in [-0.2, 0) is 4.79 Å². The van der Waals surface area contributed by atoms with E-state index in [4.69, 9.17) is 0 Å². The number of Topliss-reactive ketones (excluding diaryl/α,β-unsaturated/α-hetero) is 1. The smallest absolute Gasteiger partial charge is 0.151 e. The van der Waals surface area contributed by atoms with Crippen molar-refractivity contribution in [3.05, 3.63) is 42.2 Å². The number of likely N-dealkylation sites (tertiary alicyclic amines) is 1. The highest BCUT2D eigenvalue weighted by Crippen LogP contribution is 2.30. The van der Waals surface area contributed by atoms with Gasteiger partial charge in [-0.05, 0) is 38.2 Å². The number of fused-ring (bicyclic) bond motifs is 1. The Bertz CT molecular complexity index is 607. The number of carbonyl (C=O) groups is 1. The zero-order valence-corrected chi connectivity index (χ0v) is 13.6. The molecule has 1 fully saturated rings. The van der Waals surface area contributed by atoms with Crippen molar-refractivity contribution in [3.8, 4) is 0 Å². The molecule has 1 atom stereocenters. The van der Waals surface area contributed by atoms with E-state index in [9.17, 15) is 4.79 Å². The molecule has 1 saturated heterocycles. The Morgan fingerprint density at radius 3 is 2.48 bits per heavy atom. The number of benzene rings is 1. The molecule has 5 heteroatoms. The number of aromatic nitrogens is 1. The third kappa shape index (κ3) is 3.54. The second-order valence-electron chi connectivity index (χ2n) is 5.21. The number of halogens is 2. The minimum Gasteiger partial charge on any atom is -0.298 e. The summed E-state index contributed by atoms with van der Waals surface area (Å²) in [5.74, 6) is 0.208. The number of hydrogen-bond acceptors (Lipinski definition) is 3. The summed E-state index contributed by atoms with van der Waals surface area (Å²) in [5, 5.41) is 2.25. The Labute approximate surface area is 137 Å². The van der Waals surface area contributed by atoms with Crippen LogP contribution in [-0.4, -0.2) is 28.8 Å². The van der Waals surface area contributed by atoms with Gasteiger partial charge in [0.05, 0.1) is 6.04 Å². The zero-order valence-electron chi connectivity index (χ0n) is 12.0. The van der Waals surface area contributed by atoms with E-state index in [1.807, 2.05) is 30.6 Å². The molecule has 3 rings (SSSR count). The van der Waals surface area contributed by atoms with Crippen molar-refractivity contribution < 1.29 is 4.79 Å². The fraction of sp³-hybridized carbons (Fsp3) is 0.375. The summed E-state index contributed by atoms with van der Waals surface area (Å²) in [6.07, 6.45) is 6.08. The number of rotatable bonds is 3. The van der Waals surface area contributed by atoms with Gasteiger partial charge in [0.2, 0.25) is 0 Å². The van der Waals surface area contributed by atoms with E-state index in [1.54, 1.807) is 6.92 Å². The van der Waals surface area contributed by atoms with Crippen molar-refractivity contribution in [3.63, 3.8) is 0 Å². The van der Waals surface area contributed by atoms with Crippen LogP contribution < -0.4 is 0 Å². The average Bonchev–Trinajstić information content (AvgIpc) is 2.93. The van der Waals surface area contributed by atoms with Crippen LogP contribution in [0, 0.1) is 0 Å². The number of ketones is 1. The van der Waals surface area contributed by atoms with Crippen LogP contribution in [0.5, 0.6) is 0 Å². The van der Waals surface area contributed by atoms with E-state index in [2.05, 4.69) is 16.0 Å². The predicted octanol–water partition coefficient (Wildman–Crippen LogP) is 3.80. The molecule has 0 aliphatic carbocycles. The first kappa shape index (κ1) is 17.9. The van der Waals surface area contributed by atoms with E-state index in [0.717, 1.165) is 29.4 Å².